The molecule has 4 aromatic rings. The van der Waals surface area contributed by atoms with E-state index in [1.54, 1.807) is 23.0 Å². The van der Waals surface area contributed by atoms with E-state index in [1.165, 1.54) is 0 Å². The number of carbonyl (C=O) groups is 1. The molecule has 1 saturated carbocycles. The second kappa shape index (κ2) is 7.91. The van der Waals surface area contributed by atoms with Crippen molar-refractivity contribution in [2.75, 3.05) is 5.32 Å². The first-order valence-electron chi connectivity index (χ1n) is 10.5. The molecule has 2 heterocycles. The molecule has 0 radical (unpaired) electrons. The molecular formula is C24H22ClN5O2. The number of benzene rings is 2. The van der Waals surface area contributed by atoms with Crippen LogP contribution in [0.15, 0.2) is 47.1 Å². The molecule has 0 bridgehead atoms. The number of nitrogens with one attached hydrogen (secondary N) is 1. The number of hydrogen-bond donors (Lipinski definition) is 1. The molecule has 5 rings (SSSR count). The number of amides is 1. The molecule has 7 nitrogen and oxygen atoms in total. The number of rotatable bonds is 5. The number of carbonyl (C=O) groups excluding carboxylic acids is 1. The topological polar surface area (TPSA) is 85.8 Å². The standard InChI is InChI=1S/C24H22ClN5O2/c1-13-5-9-18(25)11-20(13)26-23(31)19-12-30(28-15(19)3)21-10-17(6-4-14(21)2)22-27-24(32-29-22)16-7-8-16/h4-6,9-12,16H,7-8H2,1-3H3,(H,26,31). The van der Waals surface area contributed by atoms with Gasteiger partial charge in [-0.2, -0.15) is 10.1 Å². The van der Waals surface area contributed by atoms with Gasteiger partial charge in [-0.05, 0) is 62.9 Å². The van der Waals surface area contributed by atoms with Gasteiger partial charge in [-0.15, -0.1) is 0 Å². The van der Waals surface area contributed by atoms with E-state index < -0.39 is 0 Å². The van der Waals surface area contributed by atoms with Gasteiger partial charge in [-0.3, -0.25) is 4.79 Å². The predicted octanol–water partition coefficient (Wildman–Crippen LogP) is 5.63. The molecule has 8 heteroatoms. The zero-order chi connectivity index (χ0) is 22.4. The van der Waals surface area contributed by atoms with Gasteiger partial charge in [-0.25, -0.2) is 4.68 Å². The average Bonchev–Trinajstić information content (AvgIpc) is 3.37. The summed E-state index contributed by atoms with van der Waals surface area (Å²) in [6.45, 7) is 5.73. The maximum Gasteiger partial charge on any atom is 0.259 e. The Morgan fingerprint density at radius 3 is 2.69 bits per heavy atom. The van der Waals surface area contributed by atoms with Crippen LogP contribution in [0.3, 0.4) is 0 Å². The zero-order valence-electron chi connectivity index (χ0n) is 18.0. The Morgan fingerprint density at radius 1 is 1.12 bits per heavy atom. The summed E-state index contributed by atoms with van der Waals surface area (Å²) in [4.78, 5) is 17.5. The van der Waals surface area contributed by atoms with Crippen LogP contribution in [0, 0.1) is 20.8 Å². The first kappa shape index (κ1) is 20.5. The van der Waals surface area contributed by atoms with Crippen LogP contribution < -0.4 is 5.32 Å². The fourth-order valence-corrected chi connectivity index (χ4v) is 3.74. The maximum absolute atomic E-state index is 12.9. The molecule has 1 amide bonds. The van der Waals surface area contributed by atoms with Crippen LogP contribution in [0.1, 0.15) is 51.8 Å². The summed E-state index contributed by atoms with van der Waals surface area (Å²) >= 11 is 6.08. The molecule has 162 valence electrons. The van der Waals surface area contributed by atoms with Crippen molar-refractivity contribution in [3.63, 3.8) is 0 Å². The predicted molar refractivity (Wildman–Crippen MR) is 122 cm³/mol. The Balaban J connectivity index is 1.45. The lowest BCUT2D eigenvalue weighted by Gasteiger charge is -2.08. The Kier molecular flexibility index (Phi) is 5.06. The summed E-state index contributed by atoms with van der Waals surface area (Å²) in [6, 6.07) is 11.3. The number of anilines is 1. The number of aromatic nitrogens is 4. The molecule has 0 unspecified atom stereocenters. The largest absolute Gasteiger partial charge is 0.339 e. The van der Waals surface area contributed by atoms with Crippen molar-refractivity contribution >= 4 is 23.2 Å². The third-order valence-corrected chi connectivity index (χ3v) is 5.91. The lowest BCUT2D eigenvalue weighted by molar-refractivity contribution is 0.102. The molecule has 1 N–H and O–H groups in total. The molecule has 32 heavy (non-hydrogen) atoms. The average molecular weight is 448 g/mol. The summed E-state index contributed by atoms with van der Waals surface area (Å²) in [6.07, 6.45) is 3.95. The van der Waals surface area contributed by atoms with Crippen LogP contribution in [-0.2, 0) is 0 Å². The van der Waals surface area contributed by atoms with Crippen LogP contribution in [0.2, 0.25) is 5.02 Å². The monoisotopic (exact) mass is 447 g/mol. The number of nitrogens with zero attached hydrogens (tertiary/aromatic N) is 4. The van der Waals surface area contributed by atoms with Crippen molar-refractivity contribution in [2.45, 2.75) is 39.5 Å². The second-order valence-corrected chi connectivity index (χ2v) is 8.65. The van der Waals surface area contributed by atoms with Crippen molar-refractivity contribution in [3.05, 3.63) is 75.9 Å². The third kappa shape index (κ3) is 3.91. The number of aryl methyl sites for hydroxylation is 3. The highest BCUT2D eigenvalue weighted by molar-refractivity contribution is 6.31. The molecule has 0 spiro atoms. The quantitative estimate of drug-likeness (QED) is 0.428. The van der Waals surface area contributed by atoms with Crippen LogP contribution >= 0.6 is 11.6 Å². The van der Waals surface area contributed by atoms with Crippen molar-refractivity contribution in [3.8, 4) is 17.1 Å². The van der Waals surface area contributed by atoms with Gasteiger partial charge in [0, 0.05) is 28.4 Å². The third-order valence-electron chi connectivity index (χ3n) is 5.67. The van der Waals surface area contributed by atoms with Crippen molar-refractivity contribution < 1.29 is 9.32 Å². The smallest absolute Gasteiger partial charge is 0.259 e. The molecule has 1 aliphatic rings. The van der Waals surface area contributed by atoms with Gasteiger partial charge in [0.05, 0.1) is 16.9 Å². The highest BCUT2D eigenvalue weighted by Gasteiger charge is 2.30. The van der Waals surface area contributed by atoms with Crippen LogP contribution in [0.25, 0.3) is 17.1 Å². The highest BCUT2D eigenvalue weighted by atomic mass is 35.5. The van der Waals surface area contributed by atoms with Gasteiger partial charge in [0.25, 0.3) is 5.91 Å². The Morgan fingerprint density at radius 2 is 1.91 bits per heavy atom. The van der Waals surface area contributed by atoms with E-state index in [9.17, 15) is 4.79 Å². The molecule has 1 aliphatic carbocycles. The number of hydrogen-bond acceptors (Lipinski definition) is 5. The molecule has 0 aliphatic heterocycles. The van der Waals surface area contributed by atoms with E-state index in [-0.39, 0.29) is 5.91 Å². The van der Waals surface area contributed by atoms with E-state index in [1.807, 2.05) is 45.0 Å². The lowest BCUT2D eigenvalue weighted by atomic mass is 10.1. The van der Waals surface area contributed by atoms with E-state index >= 15 is 0 Å². The van der Waals surface area contributed by atoms with E-state index in [4.69, 9.17) is 16.1 Å². The maximum atomic E-state index is 12.9. The molecule has 0 saturated heterocycles. The molecule has 1 fully saturated rings. The van der Waals surface area contributed by atoms with E-state index in [2.05, 4.69) is 20.6 Å². The Hall–Kier alpha value is -3.45. The SMILES string of the molecule is Cc1ccc(Cl)cc1NC(=O)c1cn(-c2cc(-c3noc(C4CC4)n3)ccc2C)nc1C. The summed E-state index contributed by atoms with van der Waals surface area (Å²) in [5.41, 5.74) is 5.43. The lowest BCUT2D eigenvalue weighted by Crippen LogP contribution is -2.13. The van der Waals surface area contributed by atoms with Gasteiger partial charge in [-0.1, -0.05) is 35.0 Å². The van der Waals surface area contributed by atoms with Crippen LogP contribution in [0.4, 0.5) is 5.69 Å². The second-order valence-electron chi connectivity index (χ2n) is 8.22. The summed E-state index contributed by atoms with van der Waals surface area (Å²) in [5.74, 6) is 1.43. The summed E-state index contributed by atoms with van der Waals surface area (Å²) < 4.78 is 7.12. The molecule has 2 aromatic heterocycles. The number of halogens is 1. The highest BCUT2D eigenvalue weighted by Crippen LogP contribution is 2.39. The fourth-order valence-electron chi connectivity index (χ4n) is 3.57. The van der Waals surface area contributed by atoms with Crippen LogP contribution in [0.5, 0.6) is 0 Å². The van der Waals surface area contributed by atoms with Crippen molar-refractivity contribution in [2.24, 2.45) is 0 Å². The Labute approximate surface area is 190 Å². The van der Waals surface area contributed by atoms with Gasteiger partial charge < -0.3 is 9.84 Å². The Bertz CT molecular complexity index is 1340. The zero-order valence-corrected chi connectivity index (χ0v) is 18.8. The molecule has 0 atom stereocenters. The molecular weight excluding hydrogens is 426 g/mol. The van der Waals surface area contributed by atoms with E-state index in [0.29, 0.717) is 39.6 Å². The summed E-state index contributed by atoms with van der Waals surface area (Å²) in [7, 11) is 0. The van der Waals surface area contributed by atoms with Gasteiger partial charge >= 0.3 is 0 Å². The molecule has 2 aromatic carbocycles. The summed E-state index contributed by atoms with van der Waals surface area (Å²) in [5, 5.41) is 12.2. The minimum atomic E-state index is -0.236. The van der Waals surface area contributed by atoms with Gasteiger partial charge in [0.15, 0.2) is 0 Å². The van der Waals surface area contributed by atoms with E-state index in [0.717, 1.165) is 35.2 Å². The first-order chi connectivity index (χ1) is 15.4. The van der Waals surface area contributed by atoms with Gasteiger partial charge in [0.1, 0.15) is 0 Å². The normalized spacial score (nSPS) is 13.4. The van der Waals surface area contributed by atoms with Crippen molar-refractivity contribution in [1.29, 1.82) is 0 Å². The van der Waals surface area contributed by atoms with Crippen LogP contribution in [-0.4, -0.2) is 25.8 Å². The minimum Gasteiger partial charge on any atom is -0.339 e. The van der Waals surface area contributed by atoms with Gasteiger partial charge in [0.2, 0.25) is 11.7 Å². The first-order valence-corrected chi connectivity index (χ1v) is 10.9. The minimum absolute atomic E-state index is 0.236. The van der Waals surface area contributed by atoms with Crippen molar-refractivity contribution in [1.82, 2.24) is 19.9 Å². The fraction of sp³-hybridized carbons (Fsp3) is 0.250.